The van der Waals surface area contributed by atoms with Gasteiger partial charge in [0, 0.05) is 11.3 Å². The number of hydrogen-bond acceptors (Lipinski definition) is 14. The molecule has 2 saturated heterocycles. The maximum atomic E-state index is 13.4. The Bertz CT molecular complexity index is 1500. The smallest absolute Gasteiger partial charge is 0.187 e. The van der Waals surface area contributed by atoms with Gasteiger partial charge < -0.3 is 69.7 Å². The predicted molar refractivity (Wildman–Crippen MR) is 199 cm³/mol. The SMILES string of the molecule is CC1(C)CC[C@]2(C)[C@@H](O[C@@H]3O[C@H](CO)[C@@H](O)[C@H](O)[C@H]3O)C[C@]3(C)C(=CC[C@@H]4[C@@]5(C)CC[C@H](O[C@@H]6O[C@H](CO)[C@@H](O)[C@H](O)[C@H]6O)[C@@](C)(C=O)[C@@H]5[C@H](O)C[C@]43C)[C@@H]2C1. The summed E-state index contributed by atoms with van der Waals surface area (Å²) in [6.45, 7) is 14.2. The van der Waals surface area contributed by atoms with E-state index in [1.54, 1.807) is 6.92 Å². The Morgan fingerprint density at radius 1 is 0.696 bits per heavy atom. The van der Waals surface area contributed by atoms with Gasteiger partial charge in [-0.25, -0.2) is 0 Å². The molecule has 0 bridgehead atoms. The monoisotopic (exact) mass is 796 g/mol. The molecule has 14 heteroatoms. The molecular formula is C42H68O14. The van der Waals surface area contributed by atoms with Crippen molar-refractivity contribution < 1.29 is 69.7 Å². The standard InChI is InChI=1S/C42H68O14/c1-37(2)12-13-38(3)21(14-37)20-8-9-25-39(4)11-10-26(55-35-32(51)30(49)28(47)23(17-43)53-35)40(5,19-45)34(39)22(46)15-42(25,7)41(20,6)16-27(38)56-36-33(52)31(50)29(48)24(18-44)54-36/h8,19,21-36,43-44,46-52H,9-18H2,1-7H3/t21-,22+,23+,24+,25+,26-,27-,28+,29+,30-,31-,32+,33+,34+,35-,36-,38-,39+,40+,41+,42+/m0/s1. The lowest BCUT2D eigenvalue weighted by Gasteiger charge is -2.72. The van der Waals surface area contributed by atoms with Crippen LogP contribution < -0.4 is 0 Å². The van der Waals surface area contributed by atoms with Crippen LogP contribution in [0.4, 0.5) is 0 Å². The maximum absolute atomic E-state index is 13.4. The summed E-state index contributed by atoms with van der Waals surface area (Å²) in [4.78, 5) is 13.4. The number of aliphatic hydroxyl groups excluding tert-OH is 9. The molecule has 21 atom stereocenters. The number of hydrogen-bond donors (Lipinski definition) is 9. The Labute approximate surface area is 330 Å². The maximum Gasteiger partial charge on any atom is 0.187 e. The highest BCUT2D eigenvalue weighted by atomic mass is 16.7. The minimum Gasteiger partial charge on any atom is -0.394 e. The van der Waals surface area contributed by atoms with E-state index in [4.69, 9.17) is 18.9 Å². The van der Waals surface area contributed by atoms with Crippen LogP contribution in [0.15, 0.2) is 11.6 Å². The molecule has 0 unspecified atom stereocenters. The first-order valence-corrected chi connectivity index (χ1v) is 20.8. The third kappa shape index (κ3) is 6.17. The number of fused-ring (bicyclic) bond motifs is 7. The highest BCUT2D eigenvalue weighted by Crippen LogP contribution is 2.76. The molecule has 56 heavy (non-hydrogen) atoms. The Balaban J connectivity index is 1.23. The average Bonchev–Trinajstić information content (AvgIpc) is 3.14. The average molecular weight is 797 g/mol. The van der Waals surface area contributed by atoms with Gasteiger partial charge in [0.15, 0.2) is 12.6 Å². The van der Waals surface area contributed by atoms with Crippen LogP contribution in [0.25, 0.3) is 0 Å². The molecule has 6 fully saturated rings. The summed E-state index contributed by atoms with van der Waals surface area (Å²) in [5.41, 5.74) is -1.75. The second kappa shape index (κ2) is 14.5. The summed E-state index contributed by atoms with van der Waals surface area (Å²) in [6, 6.07) is 0. The summed E-state index contributed by atoms with van der Waals surface area (Å²) in [6.07, 6.45) is -7.93. The van der Waals surface area contributed by atoms with Crippen LogP contribution in [0, 0.1) is 50.2 Å². The normalized spacial score (nSPS) is 56.8. The van der Waals surface area contributed by atoms with Gasteiger partial charge in [0.05, 0.1) is 36.9 Å². The number of ether oxygens (including phenoxy) is 4. The molecule has 4 saturated carbocycles. The van der Waals surface area contributed by atoms with E-state index in [-0.39, 0.29) is 22.7 Å². The van der Waals surface area contributed by atoms with E-state index < -0.39 is 121 Å². The third-order valence-corrected chi connectivity index (χ3v) is 17.2. The fraction of sp³-hybridized carbons (Fsp3) is 0.929. The van der Waals surface area contributed by atoms with E-state index in [1.807, 2.05) is 0 Å². The first-order chi connectivity index (χ1) is 26.1. The zero-order valence-electron chi connectivity index (χ0n) is 34.0. The van der Waals surface area contributed by atoms with Crippen molar-refractivity contribution in [3.05, 3.63) is 11.6 Å². The van der Waals surface area contributed by atoms with Gasteiger partial charge in [0.25, 0.3) is 0 Å². The van der Waals surface area contributed by atoms with Crippen molar-refractivity contribution in [3.63, 3.8) is 0 Å². The van der Waals surface area contributed by atoms with Gasteiger partial charge in [0.1, 0.15) is 55.1 Å². The summed E-state index contributed by atoms with van der Waals surface area (Å²) >= 11 is 0. The topological polar surface area (TPSA) is 236 Å². The quantitative estimate of drug-likeness (QED) is 0.0992. The zero-order valence-corrected chi connectivity index (χ0v) is 34.0. The van der Waals surface area contributed by atoms with Crippen LogP contribution in [-0.4, -0.2) is 145 Å². The summed E-state index contributed by atoms with van der Waals surface area (Å²) < 4.78 is 24.8. The van der Waals surface area contributed by atoms with E-state index in [1.165, 1.54) is 5.57 Å². The van der Waals surface area contributed by atoms with Crippen molar-refractivity contribution in [2.45, 2.75) is 180 Å². The molecule has 0 amide bonds. The molecule has 2 heterocycles. The van der Waals surface area contributed by atoms with Crippen LogP contribution >= 0.6 is 0 Å². The molecule has 7 aliphatic rings. The zero-order chi connectivity index (χ0) is 41.1. The predicted octanol–water partition coefficient (Wildman–Crippen LogP) is 0.938. The van der Waals surface area contributed by atoms with Gasteiger partial charge in [-0.05, 0) is 84.9 Å². The Hall–Kier alpha value is -1.11. The van der Waals surface area contributed by atoms with E-state index in [2.05, 4.69) is 47.6 Å². The van der Waals surface area contributed by atoms with Crippen LogP contribution in [0.1, 0.15) is 99.8 Å². The van der Waals surface area contributed by atoms with Crippen molar-refractivity contribution >= 4 is 6.29 Å². The first-order valence-electron chi connectivity index (χ1n) is 20.8. The Morgan fingerprint density at radius 3 is 1.79 bits per heavy atom. The van der Waals surface area contributed by atoms with Crippen LogP contribution in [-0.2, 0) is 23.7 Å². The molecule has 2 aliphatic heterocycles. The van der Waals surface area contributed by atoms with Crippen LogP contribution in [0.5, 0.6) is 0 Å². The summed E-state index contributed by atoms with van der Waals surface area (Å²) in [5.74, 6) is -0.432. The molecule has 7 rings (SSSR count). The van der Waals surface area contributed by atoms with Gasteiger partial charge in [-0.2, -0.15) is 0 Å². The number of carbonyl (C=O) groups is 1. The lowest BCUT2D eigenvalue weighted by atomic mass is 9.33. The fourth-order valence-electron chi connectivity index (χ4n) is 13.7. The molecule has 0 aromatic rings. The second-order valence-electron chi connectivity index (χ2n) is 20.7. The van der Waals surface area contributed by atoms with Crippen LogP contribution in [0.2, 0.25) is 0 Å². The van der Waals surface area contributed by atoms with Gasteiger partial charge in [0.2, 0.25) is 0 Å². The molecule has 0 aromatic carbocycles. The number of aliphatic hydroxyl groups is 9. The van der Waals surface area contributed by atoms with Gasteiger partial charge in [-0.15, -0.1) is 0 Å². The molecular weight excluding hydrogens is 728 g/mol. The number of rotatable bonds is 7. The third-order valence-electron chi connectivity index (χ3n) is 17.2. The van der Waals surface area contributed by atoms with Crippen molar-refractivity contribution in [2.75, 3.05) is 13.2 Å². The highest BCUT2D eigenvalue weighted by molar-refractivity contribution is 5.62. The molecule has 9 N–H and O–H groups in total. The molecule has 0 radical (unpaired) electrons. The second-order valence-corrected chi connectivity index (χ2v) is 20.7. The highest BCUT2D eigenvalue weighted by Gasteiger charge is 2.72. The van der Waals surface area contributed by atoms with Crippen molar-refractivity contribution in [3.8, 4) is 0 Å². The molecule has 14 nitrogen and oxygen atoms in total. The van der Waals surface area contributed by atoms with E-state index in [0.29, 0.717) is 25.7 Å². The number of allylic oxidation sites excluding steroid dienone is 2. The summed E-state index contributed by atoms with van der Waals surface area (Å²) in [5, 5.41) is 96.3. The summed E-state index contributed by atoms with van der Waals surface area (Å²) in [7, 11) is 0. The van der Waals surface area contributed by atoms with Crippen molar-refractivity contribution in [1.29, 1.82) is 0 Å². The van der Waals surface area contributed by atoms with E-state index >= 15 is 0 Å². The molecule has 0 aromatic heterocycles. The van der Waals surface area contributed by atoms with Gasteiger partial charge in [-0.1, -0.05) is 60.1 Å². The lowest BCUT2D eigenvalue weighted by molar-refractivity contribution is -0.336. The molecule has 320 valence electrons. The lowest BCUT2D eigenvalue weighted by Crippen LogP contribution is -2.70. The van der Waals surface area contributed by atoms with E-state index in [9.17, 15) is 50.8 Å². The van der Waals surface area contributed by atoms with Gasteiger partial charge >= 0.3 is 0 Å². The van der Waals surface area contributed by atoms with Gasteiger partial charge in [-0.3, -0.25) is 0 Å². The number of carbonyl (C=O) groups excluding carboxylic acids is 1. The van der Waals surface area contributed by atoms with Crippen molar-refractivity contribution in [1.82, 2.24) is 0 Å². The number of aldehydes is 1. The van der Waals surface area contributed by atoms with E-state index in [0.717, 1.165) is 32.0 Å². The first kappa shape index (κ1) is 43.0. The molecule has 0 spiro atoms. The van der Waals surface area contributed by atoms with Crippen LogP contribution in [0.3, 0.4) is 0 Å². The van der Waals surface area contributed by atoms with Crippen molar-refractivity contribution in [2.24, 2.45) is 50.2 Å². The Morgan fingerprint density at radius 2 is 1.25 bits per heavy atom. The Kier molecular flexibility index (Phi) is 11.1. The molecule has 5 aliphatic carbocycles. The fourth-order valence-corrected chi connectivity index (χ4v) is 13.7. The minimum atomic E-state index is -1.63. The minimum absolute atomic E-state index is 0.0125. The largest absolute Gasteiger partial charge is 0.394 e.